The van der Waals surface area contributed by atoms with Gasteiger partial charge in [-0.05, 0) is 37.3 Å². The molecule has 2 saturated heterocycles. The summed E-state index contributed by atoms with van der Waals surface area (Å²) in [4.78, 5) is 13.2. The number of anilines is 1. The number of carbonyl (C=O) groups is 1. The third-order valence-electron chi connectivity index (χ3n) is 6.71. The molecule has 1 spiro atoms. The van der Waals surface area contributed by atoms with Crippen molar-refractivity contribution >= 4 is 32.6 Å². The molecule has 0 radical (unpaired) electrons. The van der Waals surface area contributed by atoms with Gasteiger partial charge < -0.3 is 28.7 Å². The van der Waals surface area contributed by atoms with Crippen LogP contribution in [0.4, 0.5) is 5.69 Å². The van der Waals surface area contributed by atoms with Crippen LogP contribution in [-0.4, -0.2) is 64.9 Å². The Labute approximate surface area is 209 Å². The van der Waals surface area contributed by atoms with E-state index in [1.165, 1.54) is 17.5 Å². The molecule has 0 atom stereocenters. The zero-order valence-electron chi connectivity index (χ0n) is 20.3. The standard InChI is InChI=1S/C25H28N2O8S/c1-16-19-15-18(36(29,30)27-10-8-25(9-11-27)33-12-13-34-25)5-7-21(19)35-23(16)24(28)26-20-6-4-17(31-2)14-22(20)32-3/h4-7,14-15H,8-13H2,1-3H3,(H,26,28). The minimum Gasteiger partial charge on any atom is -0.497 e. The van der Waals surface area contributed by atoms with Crippen LogP contribution in [0.25, 0.3) is 11.0 Å². The zero-order chi connectivity index (χ0) is 25.5. The summed E-state index contributed by atoms with van der Waals surface area (Å²) in [5.74, 6) is -0.0269. The number of hydrogen-bond donors (Lipinski definition) is 1. The van der Waals surface area contributed by atoms with Gasteiger partial charge in [0.2, 0.25) is 10.0 Å². The number of fused-ring (bicyclic) bond motifs is 1. The fourth-order valence-corrected chi connectivity index (χ4v) is 6.13. The van der Waals surface area contributed by atoms with E-state index in [0.717, 1.165) is 0 Å². The highest BCUT2D eigenvalue weighted by Gasteiger charge is 2.42. The number of sulfonamides is 1. The Morgan fingerprint density at radius 2 is 1.75 bits per heavy atom. The van der Waals surface area contributed by atoms with Gasteiger partial charge in [-0.1, -0.05) is 0 Å². The van der Waals surface area contributed by atoms with E-state index in [1.807, 2.05) is 0 Å². The zero-order valence-corrected chi connectivity index (χ0v) is 21.1. The molecule has 2 aliphatic rings. The van der Waals surface area contributed by atoms with Gasteiger partial charge in [0.15, 0.2) is 11.5 Å². The van der Waals surface area contributed by atoms with Crippen molar-refractivity contribution < 1.29 is 36.6 Å². The third kappa shape index (κ3) is 4.32. The molecule has 11 heteroatoms. The normalized spacial score (nSPS) is 18.0. The summed E-state index contributed by atoms with van der Waals surface area (Å²) >= 11 is 0. The quantitative estimate of drug-likeness (QED) is 0.529. The molecule has 5 rings (SSSR count). The number of amides is 1. The highest BCUT2D eigenvalue weighted by molar-refractivity contribution is 7.89. The van der Waals surface area contributed by atoms with Crippen LogP contribution in [0.3, 0.4) is 0 Å². The molecule has 10 nitrogen and oxygen atoms in total. The fourth-order valence-electron chi connectivity index (χ4n) is 4.66. The summed E-state index contributed by atoms with van der Waals surface area (Å²) in [6.45, 7) is 3.40. The molecule has 3 aromatic rings. The topological polar surface area (TPSA) is 117 Å². The van der Waals surface area contributed by atoms with E-state index in [-0.39, 0.29) is 10.7 Å². The number of nitrogens with one attached hydrogen (secondary N) is 1. The van der Waals surface area contributed by atoms with Crippen molar-refractivity contribution in [1.82, 2.24) is 4.31 Å². The van der Waals surface area contributed by atoms with Crippen molar-refractivity contribution in [1.29, 1.82) is 0 Å². The Hall–Kier alpha value is -3.12. The number of nitrogens with zero attached hydrogens (tertiary/aromatic N) is 1. The Balaban J connectivity index is 1.38. The molecule has 0 aliphatic carbocycles. The fraction of sp³-hybridized carbons (Fsp3) is 0.400. The van der Waals surface area contributed by atoms with Crippen molar-refractivity contribution in [3.8, 4) is 11.5 Å². The second-order valence-electron chi connectivity index (χ2n) is 8.75. The van der Waals surface area contributed by atoms with Gasteiger partial charge in [0.05, 0.1) is 38.0 Å². The van der Waals surface area contributed by atoms with Gasteiger partial charge in [-0.25, -0.2) is 8.42 Å². The summed E-state index contributed by atoms with van der Waals surface area (Å²) < 4.78 is 55.9. The molecule has 0 saturated carbocycles. The van der Waals surface area contributed by atoms with Gasteiger partial charge in [-0.2, -0.15) is 4.31 Å². The van der Waals surface area contributed by atoms with E-state index in [9.17, 15) is 13.2 Å². The summed E-state index contributed by atoms with van der Waals surface area (Å²) in [7, 11) is -0.704. The second-order valence-corrected chi connectivity index (χ2v) is 10.7. The lowest BCUT2D eigenvalue weighted by atomic mass is 10.1. The molecule has 1 N–H and O–H groups in total. The first-order valence-electron chi connectivity index (χ1n) is 11.6. The Morgan fingerprint density at radius 3 is 2.42 bits per heavy atom. The monoisotopic (exact) mass is 516 g/mol. The Bertz CT molecular complexity index is 1400. The lowest BCUT2D eigenvalue weighted by Crippen LogP contribution is -2.47. The van der Waals surface area contributed by atoms with Crippen LogP contribution < -0.4 is 14.8 Å². The first-order chi connectivity index (χ1) is 17.3. The Morgan fingerprint density at radius 1 is 1.03 bits per heavy atom. The van der Waals surface area contributed by atoms with Crippen LogP contribution in [0.15, 0.2) is 45.7 Å². The molecule has 192 valence electrons. The average molecular weight is 517 g/mol. The lowest BCUT2D eigenvalue weighted by molar-refractivity contribution is -0.179. The van der Waals surface area contributed by atoms with Crippen molar-refractivity contribution in [3.05, 3.63) is 47.7 Å². The van der Waals surface area contributed by atoms with E-state index >= 15 is 0 Å². The lowest BCUT2D eigenvalue weighted by Gasteiger charge is -2.36. The van der Waals surface area contributed by atoms with E-state index in [0.29, 0.717) is 72.9 Å². The van der Waals surface area contributed by atoms with Crippen molar-refractivity contribution in [3.63, 3.8) is 0 Å². The molecule has 1 aromatic heterocycles. The summed E-state index contributed by atoms with van der Waals surface area (Å²) in [5.41, 5.74) is 1.41. The number of benzene rings is 2. The molecular formula is C25H28N2O8S. The Kier molecular flexibility index (Phi) is 6.41. The number of piperidine rings is 1. The van der Waals surface area contributed by atoms with E-state index < -0.39 is 21.7 Å². The number of hydrogen-bond acceptors (Lipinski definition) is 8. The SMILES string of the molecule is COc1ccc(NC(=O)c2oc3ccc(S(=O)(=O)N4CCC5(CC4)OCCO5)cc3c2C)c(OC)c1. The van der Waals surface area contributed by atoms with E-state index in [2.05, 4.69) is 5.32 Å². The van der Waals surface area contributed by atoms with Crippen molar-refractivity contribution in [2.75, 3.05) is 45.8 Å². The smallest absolute Gasteiger partial charge is 0.291 e. The first-order valence-corrected chi connectivity index (χ1v) is 13.0. The number of ether oxygens (including phenoxy) is 4. The van der Waals surface area contributed by atoms with Gasteiger partial charge in [0, 0.05) is 42.9 Å². The maximum atomic E-state index is 13.4. The first kappa shape index (κ1) is 24.6. The second kappa shape index (κ2) is 9.40. The largest absolute Gasteiger partial charge is 0.497 e. The van der Waals surface area contributed by atoms with Gasteiger partial charge in [-0.3, -0.25) is 4.79 Å². The molecule has 2 aromatic carbocycles. The van der Waals surface area contributed by atoms with E-state index in [4.69, 9.17) is 23.4 Å². The van der Waals surface area contributed by atoms with Crippen LogP contribution in [0, 0.1) is 6.92 Å². The molecular weight excluding hydrogens is 488 g/mol. The van der Waals surface area contributed by atoms with Gasteiger partial charge >= 0.3 is 0 Å². The number of rotatable bonds is 6. The van der Waals surface area contributed by atoms with Gasteiger partial charge in [0.25, 0.3) is 5.91 Å². The molecule has 2 fully saturated rings. The number of methoxy groups -OCH3 is 2. The van der Waals surface area contributed by atoms with Crippen LogP contribution in [0.1, 0.15) is 29.0 Å². The summed E-state index contributed by atoms with van der Waals surface area (Å²) in [5, 5.41) is 3.34. The molecule has 0 unspecified atom stereocenters. The van der Waals surface area contributed by atoms with Crippen LogP contribution in [0.2, 0.25) is 0 Å². The highest BCUT2D eigenvalue weighted by atomic mass is 32.2. The predicted octanol–water partition coefficient (Wildman–Crippen LogP) is 3.54. The van der Waals surface area contributed by atoms with Crippen molar-refractivity contribution in [2.24, 2.45) is 0 Å². The highest BCUT2D eigenvalue weighted by Crippen LogP contribution is 2.35. The third-order valence-corrected chi connectivity index (χ3v) is 8.60. The molecule has 0 bridgehead atoms. The van der Waals surface area contributed by atoms with Crippen LogP contribution in [0.5, 0.6) is 11.5 Å². The predicted molar refractivity (Wildman–Crippen MR) is 131 cm³/mol. The maximum Gasteiger partial charge on any atom is 0.291 e. The molecule has 36 heavy (non-hydrogen) atoms. The molecule has 2 aliphatic heterocycles. The summed E-state index contributed by atoms with van der Waals surface area (Å²) in [6, 6.07) is 9.67. The van der Waals surface area contributed by atoms with Crippen molar-refractivity contribution in [2.45, 2.75) is 30.4 Å². The molecule has 1 amide bonds. The van der Waals surface area contributed by atoms with E-state index in [1.54, 1.807) is 44.4 Å². The minimum absolute atomic E-state index is 0.0906. The summed E-state index contributed by atoms with van der Waals surface area (Å²) in [6.07, 6.45) is 0.969. The van der Waals surface area contributed by atoms with Gasteiger partial charge in [-0.15, -0.1) is 0 Å². The molecule has 3 heterocycles. The van der Waals surface area contributed by atoms with Crippen LogP contribution in [-0.2, 0) is 19.5 Å². The van der Waals surface area contributed by atoms with Crippen LogP contribution >= 0.6 is 0 Å². The number of carbonyl (C=O) groups excluding carboxylic acids is 1. The number of furan rings is 1. The average Bonchev–Trinajstić information content (AvgIpc) is 3.48. The minimum atomic E-state index is -3.74. The maximum absolute atomic E-state index is 13.4. The number of aryl methyl sites for hydroxylation is 1. The van der Waals surface area contributed by atoms with Gasteiger partial charge in [0.1, 0.15) is 17.1 Å².